The quantitative estimate of drug-likeness (QED) is 0.462. The third-order valence-electron chi connectivity index (χ3n) is 6.12. The zero-order valence-corrected chi connectivity index (χ0v) is 20.2. The number of benzene rings is 2. The van der Waals surface area contributed by atoms with Gasteiger partial charge in [0.25, 0.3) is 0 Å². The topological polar surface area (TPSA) is 68.3 Å². The van der Waals surface area contributed by atoms with E-state index in [4.69, 9.17) is 4.74 Å². The molecule has 0 saturated carbocycles. The largest absolute Gasteiger partial charge is 0.488 e. The van der Waals surface area contributed by atoms with Crippen LogP contribution in [0.25, 0.3) is 0 Å². The Morgan fingerprint density at radius 3 is 2.68 bits per heavy atom. The van der Waals surface area contributed by atoms with E-state index in [1.165, 1.54) is 11.8 Å². The number of halogens is 1. The van der Waals surface area contributed by atoms with Crippen molar-refractivity contribution in [3.63, 3.8) is 0 Å². The van der Waals surface area contributed by atoms with Crippen LogP contribution in [0, 0.1) is 5.82 Å². The van der Waals surface area contributed by atoms with Gasteiger partial charge < -0.3 is 20.1 Å². The minimum Gasteiger partial charge on any atom is -0.488 e. The monoisotopic (exact) mass is 472 g/mol. The molecule has 0 aliphatic carbocycles. The highest BCUT2D eigenvalue weighted by Gasteiger charge is 2.26. The third kappa shape index (κ3) is 8.27. The normalized spacial score (nSPS) is 17.8. The first kappa shape index (κ1) is 25.9. The van der Waals surface area contributed by atoms with Gasteiger partial charge in [0.1, 0.15) is 12.7 Å². The van der Waals surface area contributed by atoms with Crippen LogP contribution in [0.2, 0.25) is 0 Å². The van der Waals surface area contributed by atoms with E-state index in [1.54, 1.807) is 18.2 Å². The van der Waals surface area contributed by atoms with E-state index in [0.717, 1.165) is 32.6 Å². The molecule has 0 aromatic heterocycles. The number of hydrogen-bond donors (Lipinski definition) is 2. The fraction of sp³-hybridized carbons (Fsp3) is 0.500. The number of para-hydroxylation sites is 2. The molecular formula is C26H37FN4O3. The molecule has 8 heteroatoms. The molecule has 2 aromatic carbocycles. The Labute approximate surface area is 202 Å². The van der Waals surface area contributed by atoms with Crippen LogP contribution < -0.4 is 15.0 Å². The predicted molar refractivity (Wildman–Crippen MR) is 133 cm³/mol. The van der Waals surface area contributed by atoms with Crippen molar-refractivity contribution < 1.29 is 19.0 Å². The van der Waals surface area contributed by atoms with Gasteiger partial charge in [-0.1, -0.05) is 30.3 Å². The molecule has 2 N–H and O–H groups in total. The Balaban J connectivity index is 1.30. The van der Waals surface area contributed by atoms with E-state index in [0.29, 0.717) is 19.6 Å². The first-order valence-electron chi connectivity index (χ1n) is 12.0. The Bertz CT molecular complexity index is 885. The summed E-state index contributed by atoms with van der Waals surface area (Å²) in [5.41, 5.74) is 1.17. The summed E-state index contributed by atoms with van der Waals surface area (Å²) in [6.07, 6.45) is 0.166. The lowest BCUT2D eigenvalue weighted by atomic mass is 10.1. The Hall–Kier alpha value is -2.68. The SMILES string of the molecule is CC1CN(CC(=O)NCCCN(C)c2ccccc2)CCN1CC(O)COc1ccccc1F. The second kappa shape index (κ2) is 13.3. The van der Waals surface area contributed by atoms with E-state index < -0.39 is 11.9 Å². The number of piperazine rings is 1. The molecule has 7 nitrogen and oxygen atoms in total. The second-order valence-corrected chi connectivity index (χ2v) is 8.93. The number of nitrogens with one attached hydrogen (secondary N) is 1. The van der Waals surface area contributed by atoms with Crippen LogP contribution >= 0.6 is 0 Å². The maximum Gasteiger partial charge on any atom is 0.234 e. The smallest absolute Gasteiger partial charge is 0.234 e. The molecule has 1 saturated heterocycles. The number of carbonyl (C=O) groups is 1. The van der Waals surface area contributed by atoms with Gasteiger partial charge in [-0.05, 0) is 37.6 Å². The number of aliphatic hydroxyl groups is 1. The fourth-order valence-corrected chi connectivity index (χ4v) is 4.17. The van der Waals surface area contributed by atoms with Crippen molar-refractivity contribution in [2.24, 2.45) is 0 Å². The molecule has 2 unspecified atom stereocenters. The molecule has 186 valence electrons. The maximum absolute atomic E-state index is 13.7. The summed E-state index contributed by atoms with van der Waals surface area (Å²) >= 11 is 0. The van der Waals surface area contributed by atoms with Crippen LogP contribution in [-0.2, 0) is 4.79 Å². The highest BCUT2D eigenvalue weighted by molar-refractivity contribution is 5.78. The number of nitrogens with zero attached hydrogens (tertiary/aromatic N) is 3. The molecule has 3 rings (SSSR count). The molecule has 0 bridgehead atoms. The van der Waals surface area contributed by atoms with Crippen LogP contribution in [0.3, 0.4) is 0 Å². The number of ether oxygens (including phenoxy) is 1. The molecule has 1 aliphatic rings. The molecule has 1 amide bonds. The van der Waals surface area contributed by atoms with E-state index in [9.17, 15) is 14.3 Å². The van der Waals surface area contributed by atoms with Crippen LogP contribution in [-0.4, -0.2) is 92.4 Å². The van der Waals surface area contributed by atoms with Crippen molar-refractivity contribution in [3.8, 4) is 5.75 Å². The molecule has 0 spiro atoms. The fourth-order valence-electron chi connectivity index (χ4n) is 4.17. The van der Waals surface area contributed by atoms with E-state index in [2.05, 4.69) is 46.1 Å². The van der Waals surface area contributed by atoms with E-state index in [-0.39, 0.29) is 24.3 Å². The van der Waals surface area contributed by atoms with E-state index >= 15 is 0 Å². The van der Waals surface area contributed by atoms with Crippen molar-refractivity contribution in [3.05, 3.63) is 60.4 Å². The summed E-state index contributed by atoms with van der Waals surface area (Å²) < 4.78 is 19.1. The maximum atomic E-state index is 13.7. The van der Waals surface area contributed by atoms with Crippen molar-refractivity contribution in [1.82, 2.24) is 15.1 Å². The average Bonchev–Trinajstić information content (AvgIpc) is 2.83. The summed E-state index contributed by atoms with van der Waals surface area (Å²) in [7, 11) is 2.06. The molecule has 2 aromatic rings. The van der Waals surface area contributed by atoms with Crippen molar-refractivity contribution in [1.29, 1.82) is 0 Å². The van der Waals surface area contributed by atoms with E-state index in [1.807, 2.05) is 18.2 Å². The van der Waals surface area contributed by atoms with Gasteiger partial charge in [-0.2, -0.15) is 0 Å². The van der Waals surface area contributed by atoms with Gasteiger partial charge in [0.15, 0.2) is 11.6 Å². The highest BCUT2D eigenvalue weighted by Crippen LogP contribution is 2.16. The number of amides is 1. The third-order valence-corrected chi connectivity index (χ3v) is 6.12. The number of carbonyl (C=O) groups excluding carboxylic acids is 1. The molecule has 34 heavy (non-hydrogen) atoms. The first-order chi connectivity index (χ1) is 16.4. The van der Waals surface area contributed by atoms with Crippen molar-refractivity contribution in [2.75, 3.05) is 64.4 Å². The molecule has 1 fully saturated rings. The van der Waals surface area contributed by atoms with Gasteiger partial charge in [-0.3, -0.25) is 14.6 Å². The summed E-state index contributed by atoms with van der Waals surface area (Å²) in [4.78, 5) is 18.9. The van der Waals surface area contributed by atoms with Gasteiger partial charge in [0.05, 0.1) is 6.54 Å². The lowest BCUT2D eigenvalue weighted by Crippen LogP contribution is -2.55. The minimum atomic E-state index is -0.717. The lowest BCUT2D eigenvalue weighted by molar-refractivity contribution is -0.123. The van der Waals surface area contributed by atoms with Crippen LogP contribution in [0.5, 0.6) is 5.75 Å². The number of β-amino-alcohol motifs (C(OH)–C–C–N with tert-alkyl or cyclic N) is 1. The minimum absolute atomic E-state index is 0.0374. The first-order valence-corrected chi connectivity index (χ1v) is 12.0. The number of anilines is 1. The molecule has 1 aliphatic heterocycles. The molecule has 1 heterocycles. The Morgan fingerprint density at radius 1 is 1.21 bits per heavy atom. The zero-order chi connectivity index (χ0) is 24.3. The van der Waals surface area contributed by atoms with Gasteiger partial charge in [-0.25, -0.2) is 4.39 Å². The number of hydrogen-bond acceptors (Lipinski definition) is 6. The van der Waals surface area contributed by atoms with Crippen molar-refractivity contribution in [2.45, 2.75) is 25.5 Å². The van der Waals surface area contributed by atoms with Crippen LogP contribution in [0.1, 0.15) is 13.3 Å². The summed E-state index contributed by atoms with van der Waals surface area (Å²) in [5.74, 6) is -0.239. The van der Waals surface area contributed by atoms with Gasteiger partial charge in [0.2, 0.25) is 5.91 Å². The number of aliphatic hydroxyl groups excluding tert-OH is 1. The summed E-state index contributed by atoms with van der Waals surface area (Å²) in [6.45, 7) is 6.76. The summed E-state index contributed by atoms with van der Waals surface area (Å²) in [5, 5.41) is 13.4. The highest BCUT2D eigenvalue weighted by atomic mass is 19.1. The lowest BCUT2D eigenvalue weighted by Gasteiger charge is -2.40. The van der Waals surface area contributed by atoms with Crippen LogP contribution in [0.15, 0.2) is 54.6 Å². The van der Waals surface area contributed by atoms with Gasteiger partial charge in [0, 0.05) is 58.0 Å². The van der Waals surface area contributed by atoms with Gasteiger partial charge >= 0.3 is 0 Å². The summed E-state index contributed by atoms with van der Waals surface area (Å²) in [6, 6.07) is 16.6. The standard InChI is InChI=1S/C26H37FN4O3/c1-21-17-30(19-26(33)28-13-8-14-29(2)22-9-4-3-5-10-22)15-16-31(21)18-23(32)20-34-25-12-7-6-11-24(25)27/h3-7,9-12,21,23,32H,8,13-20H2,1-2H3,(H,28,33). The number of rotatable bonds is 12. The van der Waals surface area contributed by atoms with Crippen molar-refractivity contribution >= 4 is 11.6 Å². The predicted octanol–water partition coefficient (Wildman–Crippen LogP) is 2.21. The second-order valence-electron chi connectivity index (χ2n) is 8.93. The Morgan fingerprint density at radius 2 is 1.94 bits per heavy atom. The molecular weight excluding hydrogens is 435 g/mol. The Kier molecular flexibility index (Phi) is 10.1. The molecule has 2 atom stereocenters. The zero-order valence-electron chi connectivity index (χ0n) is 20.2. The average molecular weight is 473 g/mol. The molecule has 0 radical (unpaired) electrons. The van der Waals surface area contributed by atoms with Gasteiger partial charge in [-0.15, -0.1) is 0 Å². The van der Waals surface area contributed by atoms with Crippen LogP contribution in [0.4, 0.5) is 10.1 Å².